The molecule has 172 valence electrons. The van der Waals surface area contributed by atoms with Gasteiger partial charge in [-0.25, -0.2) is 13.2 Å². The van der Waals surface area contributed by atoms with E-state index >= 15 is 0 Å². The molecule has 4 rings (SSSR count). The van der Waals surface area contributed by atoms with Crippen LogP contribution in [0.3, 0.4) is 0 Å². The number of anilines is 1. The van der Waals surface area contributed by atoms with Gasteiger partial charge in [0.05, 0.1) is 21.6 Å². The normalized spacial score (nSPS) is 15.4. The Labute approximate surface area is 194 Å². The van der Waals surface area contributed by atoms with Crippen LogP contribution in [0.4, 0.5) is 5.69 Å². The highest BCUT2D eigenvalue weighted by atomic mass is 32.2. The number of imidazole rings is 1. The second kappa shape index (κ2) is 8.63. The maximum atomic E-state index is 13.5. The molecule has 0 atom stereocenters. The molecule has 0 aliphatic heterocycles. The molecule has 6 nitrogen and oxygen atoms in total. The smallest absolute Gasteiger partial charge is 0.295 e. The SMILES string of the molecule is Cc1cc(C)c(C)c(S(=O)(=O)Nc2cc3c(cc2SC2CCCCC2)n(C)c(=O)n3C)c1. The van der Waals surface area contributed by atoms with Crippen molar-refractivity contribution in [2.45, 2.75) is 67.9 Å². The molecular weight excluding hydrogens is 442 g/mol. The van der Waals surface area contributed by atoms with Crippen molar-refractivity contribution in [3.8, 4) is 0 Å². The molecule has 1 N–H and O–H groups in total. The van der Waals surface area contributed by atoms with Gasteiger partial charge in [0.1, 0.15) is 0 Å². The molecule has 0 unspecified atom stereocenters. The Kier molecular flexibility index (Phi) is 6.20. The van der Waals surface area contributed by atoms with Gasteiger partial charge in [0.25, 0.3) is 10.0 Å². The van der Waals surface area contributed by atoms with E-state index in [-0.39, 0.29) is 5.69 Å². The number of sulfonamides is 1. The lowest BCUT2D eigenvalue weighted by Gasteiger charge is -2.23. The number of aryl methyl sites for hydroxylation is 4. The first-order valence-electron chi connectivity index (χ1n) is 11.1. The van der Waals surface area contributed by atoms with Crippen LogP contribution in [0.1, 0.15) is 48.8 Å². The van der Waals surface area contributed by atoms with Crippen LogP contribution in [-0.2, 0) is 24.1 Å². The number of nitrogens with one attached hydrogen (secondary N) is 1. The second-order valence-corrected chi connectivity index (χ2v) is 11.9. The predicted octanol–water partition coefficient (Wildman–Crippen LogP) is 5.03. The van der Waals surface area contributed by atoms with Crippen LogP contribution >= 0.6 is 11.8 Å². The number of fused-ring (bicyclic) bond motifs is 1. The average Bonchev–Trinajstić information content (AvgIpc) is 2.95. The van der Waals surface area contributed by atoms with E-state index in [1.165, 1.54) is 19.3 Å². The van der Waals surface area contributed by atoms with Gasteiger partial charge in [0.2, 0.25) is 0 Å². The van der Waals surface area contributed by atoms with E-state index in [9.17, 15) is 13.2 Å². The number of aromatic nitrogens is 2. The molecule has 1 saturated carbocycles. The molecule has 0 radical (unpaired) electrons. The Bertz CT molecular complexity index is 1350. The van der Waals surface area contributed by atoms with Gasteiger partial charge in [0, 0.05) is 24.2 Å². The van der Waals surface area contributed by atoms with Gasteiger partial charge in [-0.2, -0.15) is 0 Å². The molecule has 2 aromatic carbocycles. The summed E-state index contributed by atoms with van der Waals surface area (Å²) >= 11 is 1.72. The van der Waals surface area contributed by atoms with Gasteiger partial charge in [-0.3, -0.25) is 13.9 Å². The summed E-state index contributed by atoms with van der Waals surface area (Å²) in [6, 6.07) is 7.47. The Hall–Kier alpha value is -2.19. The quantitative estimate of drug-likeness (QED) is 0.564. The zero-order chi connectivity index (χ0) is 23.2. The zero-order valence-electron chi connectivity index (χ0n) is 19.4. The van der Waals surface area contributed by atoms with Crippen LogP contribution in [-0.4, -0.2) is 22.8 Å². The summed E-state index contributed by atoms with van der Waals surface area (Å²) in [4.78, 5) is 13.7. The lowest BCUT2D eigenvalue weighted by molar-refractivity contribution is 0.516. The van der Waals surface area contributed by atoms with Crippen LogP contribution in [0.15, 0.2) is 38.9 Å². The van der Waals surface area contributed by atoms with Crippen LogP contribution in [0.2, 0.25) is 0 Å². The number of hydrogen-bond acceptors (Lipinski definition) is 4. The van der Waals surface area contributed by atoms with E-state index in [0.29, 0.717) is 21.3 Å². The van der Waals surface area contributed by atoms with Crippen molar-refractivity contribution in [3.63, 3.8) is 0 Å². The summed E-state index contributed by atoms with van der Waals surface area (Å²) in [5, 5.41) is 0.452. The van der Waals surface area contributed by atoms with Crippen molar-refractivity contribution in [1.82, 2.24) is 9.13 Å². The Morgan fingerprint density at radius 2 is 1.56 bits per heavy atom. The molecule has 32 heavy (non-hydrogen) atoms. The minimum Gasteiger partial charge on any atom is -0.295 e. The van der Waals surface area contributed by atoms with E-state index in [4.69, 9.17) is 0 Å². The minimum atomic E-state index is -3.79. The first-order valence-corrected chi connectivity index (χ1v) is 13.4. The van der Waals surface area contributed by atoms with Crippen LogP contribution < -0.4 is 10.4 Å². The van der Waals surface area contributed by atoms with Gasteiger partial charge in [-0.15, -0.1) is 11.8 Å². The number of hydrogen-bond donors (Lipinski definition) is 1. The van der Waals surface area contributed by atoms with Gasteiger partial charge >= 0.3 is 5.69 Å². The monoisotopic (exact) mass is 473 g/mol. The van der Waals surface area contributed by atoms with Crippen molar-refractivity contribution in [1.29, 1.82) is 0 Å². The molecular formula is C24H31N3O3S2. The van der Waals surface area contributed by atoms with E-state index < -0.39 is 10.0 Å². The fraction of sp³-hybridized carbons (Fsp3) is 0.458. The third kappa shape index (κ3) is 4.22. The van der Waals surface area contributed by atoms with E-state index in [1.807, 2.05) is 32.9 Å². The molecule has 1 aliphatic carbocycles. The highest BCUT2D eigenvalue weighted by molar-refractivity contribution is 8.00. The number of thioether (sulfide) groups is 1. The maximum Gasteiger partial charge on any atom is 0.328 e. The van der Waals surface area contributed by atoms with E-state index in [1.54, 1.807) is 47.1 Å². The highest BCUT2D eigenvalue weighted by Gasteiger charge is 2.24. The Balaban J connectivity index is 1.83. The Morgan fingerprint density at radius 3 is 2.22 bits per heavy atom. The zero-order valence-corrected chi connectivity index (χ0v) is 21.0. The lowest BCUT2D eigenvalue weighted by atomic mass is 10.0. The fourth-order valence-corrected chi connectivity index (χ4v) is 7.43. The Morgan fingerprint density at radius 1 is 0.938 bits per heavy atom. The summed E-state index contributed by atoms with van der Waals surface area (Å²) in [5.41, 5.74) is 4.53. The summed E-state index contributed by atoms with van der Waals surface area (Å²) < 4.78 is 33.0. The molecule has 0 spiro atoms. The first-order chi connectivity index (χ1) is 15.1. The van der Waals surface area contributed by atoms with Crippen LogP contribution in [0.5, 0.6) is 0 Å². The highest BCUT2D eigenvalue weighted by Crippen LogP contribution is 2.40. The second-order valence-electron chi connectivity index (χ2n) is 8.93. The molecule has 0 amide bonds. The van der Waals surface area contributed by atoms with Gasteiger partial charge in [0.15, 0.2) is 0 Å². The fourth-order valence-electron chi connectivity index (χ4n) is 4.55. The van der Waals surface area contributed by atoms with Gasteiger partial charge in [-0.1, -0.05) is 25.3 Å². The maximum absolute atomic E-state index is 13.5. The topological polar surface area (TPSA) is 73.1 Å². The van der Waals surface area contributed by atoms with Crippen LogP contribution in [0.25, 0.3) is 11.0 Å². The molecule has 3 aromatic rings. The third-order valence-corrected chi connectivity index (χ3v) is 9.41. The summed E-state index contributed by atoms with van der Waals surface area (Å²) in [7, 11) is -0.329. The van der Waals surface area contributed by atoms with Gasteiger partial charge < -0.3 is 0 Å². The number of benzene rings is 2. The molecule has 1 fully saturated rings. The average molecular weight is 474 g/mol. The summed E-state index contributed by atoms with van der Waals surface area (Å²) in [5.74, 6) is 0. The molecule has 1 heterocycles. The predicted molar refractivity (Wildman–Crippen MR) is 132 cm³/mol. The molecule has 0 bridgehead atoms. The minimum absolute atomic E-state index is 0.126. The van der Waals surface area contributed by atoms with Crippen LogP contribution in [0, 0.1) is 20.8 Å². The summed E-state index contributed by atoms with van der Waals surface area (Å²) in [6.07, 6.45) is 5.91. The first kappa shape index (κ1) is 23.0. The van der Waals surface area contributed by atoms with Crippen molar-refractivity contribution >= 4 is 38.5 Å². The van der Waals surface area contributed by atoms with Gasteiger partial charge in [-0.05, 0) is 68.5 Å². The molecule has 0 saturated heterocycles. The molecule has 1 aromatic heterocycles. The largest absolute Gasteiger partial charge is 0.328 e. The third-order valence-electron chi connectivity index (χ3n) is 6.52. The van der Waals surface area contributed by atoms with Crippen molar-refractivity contribution in [3.05, 3.63) is 51.4 Å². The van der Waals surface area contributed by atoms with Crippen molar-refractivity contribution in [2.75, 3.05) is 4.72 Å². The molecule has 8 heteroatoms. The number of nitrogens with zero attached hydrogens (tertiary/aromatic N) is 2. The molecule has 1 aliphatic rings. The summed E-state index contributed by atoms with van der Waals surface area (Å²) in [6.45, 7) is 5.67. The van der Waals surface area contributed by atoms with Crippen molar-refractivity contribution < 1.29 is 8.42 Å². The van der Waals surface area contributed by atoms with E-state index in [2.05, 4.69) is 4.72 Å². The van der Waals surface area contributed by atoms with E-state index in [0.717, 1.165) is 39.9 Å². The lowest BCUT2D eigenvalue weighted by Crippen LogP contribution is -2.19. The number of rotatable bonds is 5. The van der Waals surface area contributed by atoms with Crippen molar-refractivity contribution in [2.24, 2.45) is 14.1 Å². The standard InChI is InChI=1S/C24H31N3O3S2/c1-15-11-16(2)17(3)23(12-15)32(29,30)25-19-13-20-21(27(5)24(28)26(20)4)14-22(19)31-18-9-7-6-8-10-18/h11-14,18,25H,6-10H2,1-5H3.